The van der Waals surface area contributed by atoms with Crippen molar-refractivity contribution in [3.05, 3.63) is 35.0 Å². The van der Waals surface area contributed by atoms with Crippen LogP contribution in [0, 0.1) is 11.8 Å². The van der Waals surface area contributed by atoms with Gasteiger partial charge in [0.2, 0.25) is 5.91 Å². The van der Waals surface area contributed by atoms with Gasteiger partial charge in [-0.2, -0.15) is 0 Å². The maximum absolute atomic E-state index is 13.3. The summed E-state index contributed by atoms with van der Waals surface area (Å²) in [4.78, 5) is 35.3. The zero-order valence-electron chi connectivity index (χ0n) is 20.2. The summed E-state index contributed by atoms with van der Waals surface area (Å²) in [6.45, 7) is 6.43. The van der Waals surface area contributed by atoms with Gasteiger partial charge in [-0.05, 0) is 88.3 Å². The van der Waals surface area contributed by atoms with Crippen molar-refractivity contribution in [3.63, 3.8) is 0 Å². The first-order chi connectivity index (χ1) is 15.9. The number of nitrogens with one attached hydrogen (secondary N) is 1. The number of carbonyl (C=O) groups excluding carboxylic acids is 2. The Morgan fingerprint density at radius 3 is 2.47 bits per heavy atom. The second kappa shape index (κ2) is 10.3. The lowest BCUT2D eigenvalue weighted by Gasteiger charge is -2.39. The lowest BCUT2D eigenvalue weighted by Crippen LogP contribution is -2.47. The Hall–Kier alpha value is -2.05. The fraction of sp³-hybridized carbons (Fsp3) is 0.600. The predicted octanol–water partition coefficient (Wildman–Crippen LogP) is 4.25. The molecule has 0 bridgehead atoms. The second-order valence-electron chi connectivity index (χ2n) is 9.40. The summed E-state index contributed by atoms with van der Waals surface area (Å²) in [5, 5.41) is 1.14. The van der Waals surface area contributed by atoms with E-state index in [1.165, 1.54) is 25.9 Å². The minimum atomic E-state index is -0.302. The third-order valence-corrected chi connectivity index (χ3v) is 7.38. The van der Waals surface area contributed by atoms with Gasteiger partial charge in [0, 0.05) is 35.6 Å². The molecule has 0 aliphatic carbocycles. The standard InChI is InChI=1S/C25H35ClN4O2/c1-3-10-30(25(32)23-16-20-15-21(26)4-5-22(20)27-23)17-24(31)29-13-8-19(9-14-29)18-6-11-28(2)12-7-18/h4-5,15-16,18-19,27H,3,6-14,17H2,1-2H3/i16D. The predicted molar refractivity (Wildman–Crippen MR) is 129 cm³/mol. The van der Waals surface area contributed by atoms with E-state index >= 15 is 0 Å². The molecule has 174 valence electrons. The molecule has 3 heterocycles. The van der Waals surface area contributed by atoms with Crippen LogP contribution in [-0.4, -0.2) is 77.8 Å². The number of amides is 2. The quantitative estimate of drug-likeness (QED) is 0.702. The van der Waals surface area contributed by atoms with Crippen LogP contribution in [0.3, 0.4) is 0 Å². The summed E-state index contributed by atoms with van der Waals surface area (Å²) in [7, 11) is 2.19. The minimum absolute atomic E-state index is 0.00399. The van der Waals surface area contributed by atoms with E-state index in [0.717, 1.165) is 38.3 Å². The van der Waals surface area contributed by atoms with Crippen molar-refractivity contribution in [1.82, 2.24) is 19.7 Å². The summed E-state index contributed by atoms with van der Waals surface area (Å²) in [6, 6.07) is 5.33. The summed E-state index contributed by atoms with van der Waals surface area (Å²) < 4.78 is 8.45. The molecule has 1 aromatic heterocycles. The third kappa shape index (κ3) is 5.29. The maximum atomic E-state index is 13.3. The highest BCUT2D eigenvalue weighted by atomic mass is 35.5. The van der Waals surface area contributed by atoms with Crippen LogP contribution in [0.25, 0.3) is 10.9 Å². The van der Waals surface area contributed by atoms with E-state index in [2.05, 4.69) is 16.9 Å². The zero-order chi connectivity index (χ0) is 23.5. The average Bonchev–Trinajstić information content (AvgIpc) is 3.14. The first-order valence-electron chi connectivity index (χ1n) is 12.4. The number of piperidine rings is 2. The second-order valence-corrected chi connectivity index (χ2v) is 9.84. The van der Waals surface area contributed by atoms with E-state index in [-0.39, 0.29) is 30.1 Å². The van der Waals surface area contributed by atoms with Crippen molar-refractivity contribution in [2.24, 2.45) is 11.8 Å². The fourth-order valence-corrected chi connectivity index (χ4v) is 5.37. The zero-order valence-corrected chi connectivity index (χ0v) is 20.0. The van der Waals surface area contributed by atoms with Crippen LogP contribution >= 0.6 is 11.6 Å². The van der Waals surface area contributed by atoms with E-state index in [4.69, 9.17) is 13.0 Å². The number of rotatable bonds is 6. The van der Waals surface area contributed by atoms with E-state index in [1.807, 2.05) is 11.8 Å². The van der Waals surface area contributed by atoms with Crippen LogP contribution in [0.5, 0.6) is 0 Å². The van der Waals surface area contributed by atoms with E-state index < -0.39 is 0 Å². The van der Waals surface area contributed by atoms with Gasteiger partial charge in [0.1, 0.15) is 12.2 Å². The van der Waals surface area contributed by atoms with Gasteiger partial charge in [0.05, 0.1) is 1.37 Å². The molecule has 0 unspecified atom stereocenters. The Labute approximate surface area is 197 Å². The van der Waals surface area contributed by atoms with Crippen molar-refractivity contribution >= 4 is 34.3 Å². The Bertz CT molecular complexity index is 994. The van der Waals surface area contributed by atoms with Crippen molar-refractivity contribution in [1.29, 1.82) is 0 Å². The van der Waals surface area contributed by atoms with Gasteiger partial charge in [-0.3, -0.25) is 9.59 Å². The lowest BCUT2D eigenvalue weighted by molar-refractivity contribution is -0.133. The molecule has 2 fully saturated rings. The van der Waals surface area contributed by atoms with Crippen LogP contribution in [0.15, 0.2) is 24.2 Å². The average molecular weight is 460 g/mol. The number of halogens is 1. The first kappa shape index (κ1) is 21.8. The topological polar surface area (TPSA) is 59.7 Å². The van der Waals surface area contributed by atoms with Gasteiger partial charge < -0.3 is 19.7 Å². The molecule has 7 heteroatoms. The molecule has 4 rings (SSSR count). The van der Waals surface area contributed by atoms with Gasteiger partial charge in [0.15, 0.2) is 0 Å². The number of likely N-dealkylation sites (tertiary alicyclic amines) is 2. The van der Waals surface area contributed by atoms with E-state index in [0.29, 0.717) is 28.4 Å². The number of nitrogens with zero attached hydrogens (tertiary/aromatic N) is 3. The Morgan fingerprint density at radius 1 is 1.16 bits per heavy atom. The molecule has 0 saturated carbocycles. The third-order valence-electron chi connectivity index (χ3n) is 7.14. The number of carbonyl (C=O) groups is 2. The molecule has 2 amide bonds. The number of hydrogen-bond acceptors (Lipinski definition) is 3. The van der Waals surface area contributed by atoms with Crippen LogP contribution in [-0.2, 0) is 4.79 Å². The van der Waals surface area contributed by atoms with E-state index in [9.17, 15) is 9.59 Å². The Balaban J connectivity index is 1.38. The molecule has 0 atom stereocenters. The summed E-state index contributed by atoms with van der Waals surface area (Å²) in [5.74, 6) is 1.19. The largest absolute Gasteiger partial charge is 0.351 e. The highest BCUT2D eigenvalue weighted by Crippen LogP contribution is 2.32. The number of H-pyrrole nitrogens is 1. The number of aromatic amines is 1. The lowest BCUT2D eigenvalue weighted by atomic mass is 9.79. The number of benzene rings is 1. The summed E-state index contributed by atoms with van der Waals surface area (Å²) in [6.07, 6.45) is 5.39. The molecular weight excluding hydrogens is 424 g/mol. The first-order valence-corrected chi connectivity index (χ1v) is 12.3. The normalized spacial score (nSPS) is 19.3. The van der Waals surface area contributed by atoms with Gasteiger partial charge in [0.25, 0.3) is 5.91 Å². The van der Waals surface area contributed by atoms with Crippen LogP contribution in [0.2, 0.25) is 5.02 Å². The molecule has 2 aliphatic heterocycles. The molecule has 32 heavy (non-hydrogen) atoms. The molecule has 1 aromatic carbocycles. The van der Waals surface area contributed by atoms with Crippen molar-refractivity contribution in [2.45, 2.75) is 39.0 Å². The number of hydrogen-bond donors (Lipinski definition) is 1. The molecule has 2 aromatic rings. The molecule has 0 radical (unpaired) electrons. The minimum Gasteiger partial charge on any atom is -0.351 e. The smallest absolute Gasteiger partial charge is 0.270 e. The van der Waals surface area contributed by atoms with Crippen LogP contribution in [0.4, 0.5) is 0 Å². The van der Waals surface area contributed by atoms with Crippen molar-refractivity contribution in [2.75, 3.05) is 46.3 Å². The molecule has 2 saturated heterocycles. The van der Waals surface area contributed by atoms with Gasteiger partial charge in [-0.1, -0.05) is 18.5 Å². The molecule has 1 N–H and O–H groups in total. The van der Waals surface area contributed by atoms with E-state index in [1.54, 1.807) is 23.1 Å². The summed E-state index contributed by atoms with van der Waals surface area (Å²) in [5.41, 5.74) is 0.918. The Morgan fingerprint density at radius 2 is 1.81 bits per heavy atom. The maximum Gasteiger partial charge on any atom is 0.270 e. The Kier molecular flexibility index (Phi) is 6.98. The fourth-order valence-electron chi connectivity index (χ4n) is 5.20. The number of aromatic nitrogens is 1. The molecular formula is C25H35ClN4O2. The number of fused-ring (bicyclic) bond motifs is 1. The highest BCUT2D eigenvalue weighted by Gasteiger charge is 2.31. The van der Waals surface area contributed by atoms with Crippen molar-refractivity contribution < 1.29 is 11.0 Å². The molecule has 6 nitrogen and oxygen atoms in total. The monoisotopic (exact) mass is 459 g/mol. The van der Waals surface area contributed by atoms with Crippen LogP contribution in [0.1, 0.15) is 50.9 Å². The highest BCUT2D eigenvalue weighted by molar-refractivity contribution is 6.31. The SMILES string of the molecule is [2H]c1c(C(=O)N(CCC)CC(=O)N2CCC(C3CCN(C)CC3)CC2)[nH]c2ccc(Cl)cc12. The van der Waals surface area contributed by atoms with Gasteiger partial charge in [-0.25, -0.2) is 0 Å². The van der Waals surface area contributed by atoms with Gasteiger partial charge >= 0.3 is 0 Å². The molecule has 2 aliphatic rings. The summed E-state index contributed by atoms with van der Waals surface area (Å²) >= 11 is 6.07. The van der Waals surface area contributed by atoms with Crippen LogP contribution < -0.4 is 0 Å². The molecule has 0 spiro atoms. The van der Waals surface area contributed by atoms with Gasteiger partial charge in [-0.15, -0.1) is 0 Å². The van der Waals surface area contributed by atoms with Crippen molar-refractivity contribution in [3.8, 4) is 0 Å².